The average molecular weight is 279 g/mol. The van der Waals surface area contributed by atoms with Gasteiger partial charge >= 0.3 is 0 Å². The van der Waals surface area contributed by atoms with Crippen molar-refractivity contribution in [3.8, 4) is 0 Å². The molecule has 0 amide bonds. The Balaban J connectivity index is 2.00. The normalized spacial score (nSPS) is 22.6. The molecule has 0 radical (unpaired) electrons. The molecular formula is C16H29N3O. The van der Waals surface area contributed by atoms with Crippen LogP contribution < -0.4 is 0 Å². The second kappa shape index (κ2) is 6.27. The van der Waals surface area contributed by atoms with Gasteiger partial charge in [-0.05, 0) is 47.1 Å². The average Bonchev–Trinajstić information content (AvgIpc) is 2.83. The summed E-state index contributed by atoms with van der Waals surface area (Å²) >= 11 is 0. The lowest BCUT2D eigenvalue weighted by atomic mass is 9.92. The molecule has 1 fully saturated rings. The highest BCUT2D eigenvalue weighted by Gasteiger charge is 2.31. The minimum atomic E-state index is 0.0124. The van der Waals surface area contributed by atoms with Crippen molar-refractivity contribution in [3.05, 3.63) is 18.0 Å². The first-order valence-corrected chi connectivity index (χ1v) is 7.82. The number of aromatic nitrogens is 2. The van der Waals surface area contributed by atoms with E-state index in [1.54, 1.807) is 0 Å². The van der Waals surface area contributed by atoms with E-state index in [0.29, 0.717) is 12.1 Å². The van der Waals surface area contributed by atoms with Crippen molar-refractivity contribution in [2.75, 3.05) is 13.2 Å². The van der Waals surface area contributed by atoms with Gasteiger partial charge in [0.15, 0.2) is 0 Å². The van der Waals surface area contributed by atoms with Gasteiger partial charge < -0.3 is 4.74 Å². The van der Waals surface area contributed by atoms with Gasteiger partial charge in [0, 0.05) is 37.0 Å². The van der Waals surface area contributed by atoms with Crippen LogP contribution in [0.15, 0.2) is 12.4 Å². The summed E-state index contributed by atoms with van der Waals surface area (Å²) in [6.45, 7) is 13.9. The van der Waals surface area contributed by atoms with Crippen LogP contribution in [-0.2, 0) is 11.3 Å². The standard InChI is InChI=1S/C16H29N3O/c1-6-18(15-7-8-20-16(4,5)9-15)11-14-10-17-19(12-14)13(2)3/h10,12-13,15H,6-9,11H2,1-5H3. The molecule has 1 aromatic rings. The highest BCUT2D eigenvalue weighted by atomic mass is 16.5. The molecule has 2 rings (SSSR count). The van der Waals surface area contributed by atoms with Gasteiger partial charge in [-0.25, -0.2) is 0 Å². The smallest absolute Gasteiger partial charge is 0.0641 e. The van der Waals surface area contributed by atoms with Gasteiger partial charge in [-0.15, -0.1) is 0 Å². The summed E-state index contributed by atoms with van der Waals surface area (Å²) in [6.07, 6.45) is 6.43. The van der Waals surface area contributed by atoms with Crippen LogP contribution in [-0.4, -0.2) is 39.5 Å². The number of nitrogens with zero attached hydrogens (tertiary/aromatic N) is 3. The molecule has 2 heterocycles. The lowest BCUT2D eigenvalue weighted by Crippen LogP contribution is -2.45. The molecule has 1 aliphatic rings. The molecule has 0 spiro atoms. The van der Waals surface area contributed by atoms with Gasteiger partial charge in [-0.3, -0.25) is 9.58 Å². The maximum absolute atomic E-state index is 5.83. The van der Waals surface area contributed by atoms with Gasteiger partial charge in [0.05, 0.1) is 11.8 Å². The molecule has 0 saturated carbocycles. The van der Waals surface area contributed by atoms with E-state index in [4.69, 9.17) is 4.74 Å². The van der Waals surface area contributed by atoms with Crippen LogP contribution in [0.3, 0.4) is 0 Å². The van der Waals surface area contributed by atoms with E-state index in [0.717, 1.165) is 32.5 Å². The van der Waals surface area contributed by atoms with E-state index in [1.807, 2.05) is 10.9 Å². The van der Waals surface area contributed by atoms with Crippen molar-refractivity contribution >= 4 is 0 Å². The predicted molar refractivity (Wildman–Crippen MR) is 81.7 cm³/mol. The third-order valence-corrected chi connectivity index (χ3v) is 4.16. The summed E-state index contributed by atoms with van der Waals surface area (Å²) in [5.74, 6) is 0. The van der Waals surface area contributed by atoms with Crippen LogP contribution in [0.25, 0.3) is 0 Å². The van der Waals surface area contributed by atoms with Crippen LogP contribution in [0, 0.1) is 0 Å². The fourth-order valence-corrected chi connectivity index (χ4v) is 2.99. The number of ether oxygens (including phenoxy) is 1. The summed E-state index contributed by atoms with van der Waals surface area (Å²) in [5.41, 5.74) is 1.32. The van der Waals surface area contributed by atoms with Crippen molar-refractivity contribution in [3.63, 3.8) is 0 Å². The zero-order valence-electron chi connectivity index (χ0n) is 13.6. The largest absolute Gasteiger partial charge is 0.375 e. The van der Waals surface area contributed by atoms with Crippen molar-refractivity contribution in [1.82, 2.24) is 14.7 Å². The molecule has 1 aromatic heterocycles. The molecule has 0 N–H and O–H groups in total. The fourth-order valence-electron chi connectivity index (χ4n) is 2.99. The van der Waals surface area contributed by atoms with Gasteiger partial charge in [0.25, 0.3) is 0 Å². The fraction of sp³-hybridized carbons (Fsp3) is 0.812. The molecule has 0 aromatic carbocycles. The Morgan fingerprint density at radius 2 is 2.25 bits per heavy atom. The monoisotopic (exact) mass is 279 g/mol. The molecule has 0 aliphatic carbocycles. The van der Waals surface area contributed by atoms with Gasteiger partial charge in [0.1, 0.15) is 0 Å². The van der Waals surface area contributed by atoms with Gasteiger partial charge in [-0.2, -0.15) is 5.10 Å². The summed E-state index contributed by atoms with van der Waals surface area (Å²) in [6, 6.07) is 1.05. The van der Waals surface area contributed by atoms with E-state index in [-0.39, 0.29) is 5.60 Å². The molecule has 4 heteroatoms. The molecule has 1 aliphatic heterocycles. The highest BCUT2D eigenvalue weighted by molar-refractivity contribution is 5.05. The van der Waals surface area contributed by atoms with Crippen LogP contribution in [0.1, 0.15) is 59.1 Å². The van der Waals surface area contributed by atoms with Crippen molar-refractivity contribution in [2.24, 2.45) is 0 Å². The van der Waals surface area contributed by atoms with Gasteiger partial charge in [-0.1, -0.05) is 6.92 Å². The Morgan fingerprint density at radius 1 is 1.50 bits per heavy atom. The molecule has 1 saturated heterocycles. The summed E-state index contributed by atoms with van der Waals surface area (Å²) < 4.78 is 7.87. The lowest BCUT2D eigenvalue weighted by molar-refractivity contribution is -0.0838. The van der Waals surface area contributed by atoms with Crippen LogP contribution in [0.4, 0.5) is 0 Å². The Hall–Kier alpha value is -0.870. The topological polar surface area (TPSA) is 30.3 Å². The zero-order valence-corrected chi connectivity index (χ0v) is 13.6. The van der Waals surface area contributed by atoms with E-state index in [9.17, 15) is 0 Å². The minimum absolute atomic E-state index is 0.0124. The SMILES string of the molecule is CCN(Cc1cnn(C(C)C)c1)C1CCOC(C)(C)C1. The number of rotatable bonds is 5. The first-order valence-electron chi connectivity index (χ1n) is 7.82. The molecule has 4 nitrogen and oxygen atoms in total. The van der Waals surface area contributed by atoms with E-state index >= 15 is 0 Å². The van der Waals surface area contributed by atoms with Gasteiger partial charge in [0.2, 0.25) is 0 Å². The van der Waals surface area contributed by atoms with Crippen molar-refractivity contribution in [1.29, 1.82) is 0 Å². The third kappa shape index (κ3) is 3.83. The zero-order chi connectivity index (χ0) is 14.8. The second-order valence-electron chi connectivity index (χ2n) is 6.74. The Morgan fingerprint density at radius 3 is 2.80 bits per heavy atom. The molecule has 114 valence electrons. The lowest BCUT2D eigenvalue weighted by Gasteiger charge is -2.40. The molecule has 0 bridgehead atoms. The van der Waals surface area contributed by atoms with Crippen LogP contribution in [0.5, 0.6) is 0 Å². The van der Waals surface area contributed by atoms with E-state index in [2.05, 4.69) is 50.8 Å². The highest BCUT2D eigenvalue weighted by Crippen LogP contribution is 2.28. The number of hydrogen-bond acceptors (Lipinski definition) is 3. The molecule has 1 unspecified atom stereocenters. The first-order chi connectivity index (χ1) is 9.41. The second-order valence-corrected chi connectivity index (χ2v) is 6.74. The maximum Gasteiger partial charge on any atom is 0.0641 e. The van der Waals surface area contributed by atoms with Crippen molar-refractivity contribution in [2.45, 2.75) is 71.7 Å². The van der Waals surface area contributed by atoms with E-state index < -0.39 is 0 Å². The van der Waals surface area contributed by atoms with E-state index in [1.165, 1.54) is 5.56 Å². The summed E-state index contributed by atoms with van der Waals surface area (Å²) in [7, 11) is 0. The molecular weight excluding hydrogens is 250 g/mol. The predicted octanol–water partition coefficient (Wildman–Crippen LogP) is 3.24. The quantitative estimate of drug-likeness (QED) is 0.829. The van der Waals surface area contributed by atoms with Crippen LogP contribution in [0.2, 0.25) is 0 Å². The number of hydrogen-bond donors (Lipinski definition) is 0. The maximum atomic E-state index is 5.83. The summed E-state index contributed by atoms with van der Waals surface area (Å²) in [5, 5.41) is 4.44. The van der Waals surface area contributed by atoms with Crippen LogP contribution >= 0.6 is 0 Å². The Kier molecular flexibility index (Phi) is 4.86. The Labute approximate surface area is 123 Å². The van der Waals surface area contributed by atoms with Crippen molar-refractivity contribution < 1.29 is 4.74 Å². The molecule has 20 heavy (non-hydrogen) atoms. The summed E-state index contributed by atoms with van der Waals surface area (Å²) in [4.78, 5) is 2.56. The minimum Gasteiger partial charge on any atom is -0.375 e. The Bertz CT molecular complexity index is 425. The molecule has 1 atom stereocenters. The third-order valence-electron chi connectivity index (χ3n) is 4.16. The first kappa shape index (κ1) is 15.5.